The molecule has 1 aromatic rings. The maximum atomic E-state index is 4.85. The molecule has 8 nitrogen and oxygen atoms in total. The van der Waals surface area contributed by atoms with Crippen LogP contribution in [0, 0.1) is 0 Å². The van der Waals surface area contributed by atoms with Crippen molar-refractivity contribution in [1.29, 1.82) is 0 Å². The molecule has 3 aliphatic heterocycles. The molecule has 0 unspecified atom stereocenters. The molecule has 0 bridgehead atoms. The number of likely N-dealkylation sites (tertiary alicyclic amines) is 2. The fourth-order valence-electron chi connectivity index (χ4n) is 5.52. The van der Waals surface area contributed by atoms with Crippen molar-refractivity contribution in [1.82, 2.24) is 25.4 Å². The molecule has 0 radical (unpaired) electrons. The quantitative estimate of drug-likeness (QED) is 0.335. The second-order valence-corrected chi connectivity index (χ2v) is 10.1. The van der Waals surface area contributed by atoms with Crippen molar-refractivity contribution in [3.8, 4) is 0 Å². The van der Waals surface area contributed by atoms with Gasteiger partial charge >= 0.3 is 0 Å². The van der Waals surface area contributed by atoms with Gasteiger partial charge in [0.2, 0.25) is 0 Å². The van der Waals surface area contributed by atoms with Crippen LogP contribution in [-0.4, -0.2) is 113 Å². The van der Waals surface area contributed by atoms with Crippen LogP contribution in [0.2, 0.25) is 0 Å². The van der Waals surface area contributed by atoms with Crippen LogP contribution in [0.3, 0.4) is 0 Å². The number of nitrogens with zero attached hydrogens (tertiary/aromatic N) is 5. The predicted molar refractivity (Wildman–Crippen MR) is 145 cm³/mol. The van der Waals surface area contributed by atoms with E-state index in [0.717, 1.165) is 63.9 Å². The second kappa shape index (κ2) is 14.1. The first-order chi connectivity index (χ1) is 16.8. The molecule has 192 valence electrons. The van der Waals surface area contributed by atoms with Crippen molar-refractivity contribution in [3.63, 3.8) is 0 Å². The summed E-state index contributed by atoms with van der Waals surface area (Å²) in [5, 5.41) is 10.6. The molecule has 34 heavy (non-hydrogen) atoms. The van der Waals surface area contributed by atoms with Gasteiger partial charge in [0.05, 0.1) is 17.6 Å². The third kappa shape index (κ3) is 7.70. The lowest BCUT2D eigenvalue weighted by molar-refractivity contribution is 0.331. The van der Waals surface area contributed by atoms with Gasteiger partial charge in [0.15, 0.2) is 5.82 Å². The minimum Gasteiger partial charge on any atom is -0.387 e. The highest BCUT2D eigenvalue weighted by Crippen LogP contribution is 2.32. The van der Waals surface area contributed by atoms with Gasteiger partial charge < -0.3 is 35.6 Å². The Bertz CT molecular complexity index is 702. The van der Waals surface area contributed by atoms with E-state index in [1.54, 1.807) is 0 Å². The lowest BCUT2D eigenvalue weighted by Crippen LogP contribution is -2.46. The molecule has 2 fully saturated rings. The summed E-state index contributed by atoms with van der Waals surface area (Å²) in [4.78, 5) is 15.0. The standard InChI is InChI=1S/C26H48N8/c1-27-24-22-25-26(30-23-24)34(19-11-29-9-7-17-32-14-4-5-15-32)21-20-33(25)18-10-28-8-6-16-31-12-2-3-13-31/h22-23,27-29H,2-21H2,1H3. The molecule has 0 aliphatic carbocycles. The maximum absolute atomic E-state index is 4.85. The highest BCUT2D eigenvalue weighted by Gasteiger charge is 2.24. The zero-order valence-corrected chi connectivity index (χ0v) is 21.5. The molecule has 0 aromatic carbocycles. The van der Waals surface area contributed by atoms with E-state index in [-0.39, 0.29) is 0 Å². The minimum atomic E-state index is 1.02. The number of aromatic nitrogens is 1. The Morgan fingerprint density at radius 1 is 0.706 bits per heavy atom. The summed E-state index contributed by atoms with van der Waals surface area (Å²) in [5.41, 5.74) is 2.36. The van der Waals surface area contributed by atoms with Crippen molar-refractivity contribution < 1.29 is 0 Å². The Hall–Kier alpha value is -1.61. The lowest BCUT2D eigenvalue weighted by Gasteiger charge is -2.38. The molecule has 2 saturated heterocycles. The maximum Gasteiger partial charge on any atom is 0.152 e. The molecule has 4 rings (SSSR count). The average Bonchev–Trinajstić information content (AvgIpc) is 3.58. The number of pyridine rings is 1. The van der Waals surface area contributed by atoms with Gasteiger partial charge in [-0.25, -0.2) is 4.98 Å². The molecule has 0 saturated carbocycles. The molecular formula is C26H48N8. The van der Waals surface area contributed by atoms with Gasteiger partial charge in [0.25, 0.3) is 0 Å². The fraction of sp³-hybridized carbons (Fsp3) is 0.808. The Morgan fingerprint density at radius 2 is 1.26 bits per heavy atom. The van der Waals surface area contributed by atoms with Gasteiger partial charge in [-0.1, -0.05) is 0 Å². The van der Waals surface area contributed by atoms with E-state index in [0.29, 0.717) is 0 Å². The molecule has 3 aliphatic rings. The average molecular weight is 473 g/mol. The smallest absolute Gasteiger partial charge is 0.152 e. The number of hydrogen-bond acceptors (Lipinski definition) is 8. The number of fused-ring (bicyclic) bond motifs is 1. The fourth-order valence-corrected chi connectivity index (χ4v) is 5.52. The SMILES string of the molecule is CNc1cnc2c(c1)N(CCNCCCN1CCCC1)CCN2CCNCCCN1CCCC1. The molecule has 8 heteroatoms. The Labute approximate surface area is 207 Å². The zero-order valence-electron chi connectivity index (χ0n) is 21.5. The van der Waals surface area contributed by atoms with Crippen LogP contribution in [0.15, 0.2) is 12.3 Å². The van der Waals surface area contributed by atoms with E-state index >= 15 is 0 Å². The summed E-state index contributed by atoms with van der Waals surface area (Å²) in [6.07, 6.45) is 10.0. The summed E-state index contributed by atoms with van der Waals surface area (Å²) >= 11 is 0. The molecule has 1 aromatic heterocycles. The van der Waals surface area contributed by atoms with Crippen LogP contribution in [0.25, 0.3) is 0 Å². The van der Waals surface area contributed by atoms with Crippen molar-refractivity contribution in [2.45, 2.75) is 38.5 Å². The molecular weight excluding hydrogens is 424 g/mol. The molecule has 0 spiro atoms. The van der Waals surface area contributed by atoms with E-state index in [2.05, 4.69) is 41.6 Å². The normalized spacial score (nSPS) is 19.2. The molecule has 3 N–H and O–H groups in total. The van der Waals surface area contributed by atoms with Crippen molar-refractivity contribution in [2.24, 2.45) is 0 Å². The summed E-state index contributed by atoms with van der Waals surface area (Å²) in [6.45, 7) is 16.1. The van der Waals surface area contributed by atoms with Crippen molar-refractivity contribution >= 4 is 17.2 Å². The highest BCUT2D eigenvalue weighted by molar-refractivity contribution is 5.73. The first-order valence-electron chi connectivity index (χ1n) is 13.9. The first-order valence-corrected chi connectivity index (χ1v) is 13.9. The number of hydrogen-bond donors (Lipinski definition) is 3. The number of anilines is 3. The Morgan fingerprint density at radius 3 is 1.85 bits per heavy atom. The highest BCUT2D eigenvalue weighted by atomic mass is 15.3. The molecule has 0 amide bonds. The van der Waals surface area contributed by atoms with E-state index in [9.17, 15) is 0 Å². The van der Waals surface area contributed by atoms with E-state index in [1.807, 2.05) is 13.2 Å². The van der Waals surface area contributed by atoms with Crippen LogP contribution < -0.4 is 25.8 Å². The summed E-state index contributed by atoms with van der Waals surface area (Å²) in [7, 11) is 1.97. The summed E-state index contributed by atoms with van der Waals surface area (Å²) in [5.74, 6) is 1.14. The van der Waals surface area contributed by atoms with E-state index < -0.39 is 0 Å². The van der Waals surface area contributed by atoms with Crippen molar-refractivity contribution in [2.75, 3.05) is 114 Å². The van der Waals surface area contributed by atoms with Gasteiger partial charge in [-0.15, -0.1) is 0 Å². The van der Waals surface area contributed by atoms with Crippen LogP contribution in [0.4, 0.5) is 17.2 Å². The van der Waals surface area contributed by atoms with Gasteiger partial charge in [-0.2, -0.15) is 0 Å². The zero-order chi connectivity index (χ0) is 23.4. The summed E-state index contributed by atoms with van der Waals surface area (Å²) in [6, 6.07) is 2.27. The monoisotopic (exact) mass is 472 g/mol. The van der Waals surface area contributed by atoms with E-state index in [1.165, 1.54) is 83.5 Å². The van der Waals surface area contributed by atoms with Gasteiger partial charge in [-0.3, -0.25) is 0 Å². The molecule has 0 atom stereocenters. The predicted octanol–water partition coefficient (Wildman–Crippen LogP) is 1.90. The molecule has 4 heterocycles. The Kier molecular flexibility index (Phi) is 10.5. The Balaban J connectivity index is 1.17. The van der Waals surface area contributed by atoms with Crippen LogP contribution in [0.5, 0.6) is 0 Å². The van der Waals surface area contributed by atoms with Gasteiger partial charge in [0.1, 0.15) is 0 Å². The summed E-state index contributed by atoms with van der Waals surface area (Å²) < 4.78 is 0. The van der Waals surface area contributed by atoms with Crippen LogP contribution in [0.1, 0.15) is 38.5 Å². The number of nitrogens with one attached hydrogen (secondary N) is 3. The van der Waals surface area contributed by atoms with Gasteiger partial charge in [-0.05, 0) is 96.9 Å². The van der Waals surface area contributed by atoms with Crippen molar-refractivity contribution in [3.05, 3.63) is 12.3 Å². The first kappa shape index (κ1) is 25.5. The van der Waals surface area contributed by atoms with Crippen LogP contribution in [-0.2, 0) is 0 Å². The lowest BCUT2D eigenvalue weighted by atomic mass is 10.2. The number of rotatable bonds is 15. The third-order valence-corrected chi connectivity index (χ3v) is 7.59. The second-order valence-electron chi connectivity index (χ2n) is 10.1. The largest absolute Gasteiger partial charge is 0.387 e. The topological polar surface area (TPSA) is 61.9 Å². The third-order valence-electron chi connectivity index (χ3n) is 7.59. The van der Waals surface area contributed by atoms with Crippen LogP contribution >= 0.6 is 0 Å². The van der Waals surface area contributed by atoms with E-state index in [4.69, 9.17) is 4.98 Å². The van der Waals surface area contributed by atoms with Gasteiger partial charge in [0, 0.05) is 46.3 Å². The minimum absolute atomic E-state index is 1.02.